The molecular weight excluding hydrogens is 284 g/mol. The van der Waals surface area contributed by atoms with Crippen molar-refractivity contribution in [2.45, 2.75) is 38.5 Å². The van der Waals surface area contributed by atoms with E-state index in [9.17, 15) is 5.11 Å². The lowest BCUT2D eigenvalue weighted by atomic mass is 10.0. The molecule has 0 spiro atoms. The van der Waals surface area contributed by atoms with E-state index in [0.29, 0.717) is 6.04 Å². The smallest absolute Gasteiger partial charge is 0.0940 e. The number of hydrogen-bond donors (Lipinski definition) is 3. The van der Waals surface area contributed by atoms with E-state index in [1.165, 1.54) is 5.56 Å². The van der Waals surface area contributed by atoms with Crippen LogP contribution in [-0.2, 0) is 6.42 Å². The van der Waals surface area contributed by atoms with Crippen molar-refractivity contribution < 1.29 is 5.11 Å². The van der Waals surface area contributed by atoms with Crippen LogP contribution in [0.15, 0.2) is 60.7 Å². The van der Waals surface area contributed by atoms with Gasteiger partial charge in [0.05, 0.1) is 6.10 Å². The molecule has 2 aromatic carbocycles. The largest absolute Gasteiger partial charge is 0.387 e. The molecule has 0 aliphatic heterocycles. The number of aliphatic hydroxyl groups excluding tert-OH is 1. The SMILES string of the molecule is CN[C@@H](C)Cc1ccccc1.CN[C@@H](C)[C@@H](O)c1ccccc1. The van der Waals surface area contributed by atoms with E-state index in [1.807, 2.05) is 57.4 Å². The molecule has 0 amide bonds. The topological polar surface area (TPSA) is 44.3 Å². The van der Waals surface area contributed by atoms with E-state index < -0.39 is 6.10 Å². The molecule has 0 aliphatic carbocycles. The van der Waals surface area contributed by atoms with E-state index in [0.717, 1.165) is 12.0 Å². The van der Waals surface area contributed by atoms with Crippen LogP contribution in [0.2, 0.25) is 0 Å². The van der Waals surface area contributed by atoms with Crippen LogP contribution in [0.1, 0.15) is 31.1 Å². The Morgan fingerprint density at radius 3 is 1.83 bits per heavy atom. The summed E-state index contributed by atoms with van der Waals surface area (Å²) in [5.74, 6) is 0. The third-order valence-electron chi connectivity index (χ3n) is 3.95. The zero-order valence-electron chi connectivity index (χ0n) is 14.7. The average Bonchev–Trinajstić information content (AvgIpc) is 2.62. The van der Waals surface area contributed by atoms with E-state index in [1.54, 1.807) is 0 Å². The van der Waals surface area contributed by atoms with Gasteiger partial charge in [-0.25, -0.2) is 0 Å². The molecule has 3 N–H and O–H groups in total. The number of rotatable bonds is 6. The molecule has 0 saturated heterocycles. The molecule has 0 saturated carbocycles. The van der Waals surface area contributed by atoms with Gasteiger partial charge >= 0.3 is 0 Å². The van der Waals surface area contributed by atoms with Crippen LogP contribution in [0.4, 0.5) is 0 Å². The first-order valence-corrected chi connectivity index (χ1v) is 8.20. The van der Waals surface area contributed by atoms with Gasteiger partial charge in [-0.3, -0.25) is 0 Å². The number of likely N-dealkylation sites (N-methyl/N-ethyl adjacent to an activating group) is 2. The highest BCUT2D eigenvalue weighted by Gasteiger charge is 2.12. The van der Waals surface area contributed by atoms with Gasteiger partial charge in [0.1, 0.15) is 0 Å². The molecule has 0 aliphatic rings. The lowest BCUT2D eigenvalue weighted by molar-refractivity contribution is 0.140. The van der Waals surface area contributed by atoms with Crippen LogP contribution in [0.5, 0.6) is 0 Å². The Morgan fingerprint density at radius 1 is 0.826 bits per heavy atom. The Hall–Kier alpha value is -1.68. The van der Waals surface area contributed by atoms with Crippen molar-refractivity contribution in [2.24, 2.45) is 0 Å². The van der Waals surface area contributed by atoms with Gasteiger partial charge in [-0.2, -0.15) is 0 Å². The summed E-state index contributed by atoms with van der Waals surface area (Å²) < 4.78 is 0. The van der Waals surface area contributed by atoms with Crippen LogP contribution in [-0.4, -0.2) is 31.3 Å². The van der Waals surface area contributed by atoms with Crippen LogP contribution in [0, 0.1) is 0 Å². The standard InChI is InChI=1S/C10H15NO.C10H15N/c1-8(11-2)10(12)9-6-4-3-5-7-9;1-9(11-2)8-10-6-4-3-5-7-10/h3-8,10-12H,1-2H3;3-7,9,11H,8H2,1-2H3/t8-,10+;9-/m00/s1. The first-order valence-electron chi connectivity index (χ1n) is 8.20. The Morgan fingerprint density at radius 2 is 1.35 bits per heavy atom. The van der Waals surface area contributed by atoms with Crippen LogP contribution >= 0.6 is 0 Å². The molecule has 0 radical (unpaired) electrons. The van der Waals surface area contributed by atoms with Gasteiger partial charge in [0.15, 0.2) is 0 Å². The van der Waals surface area contributed by atoms with Gasteiger partial charge in [0.2, 0.25) is 0 Å². The van der Waals surface area contributed by atoms with E-state index >= 15 is 0 Å². The Balaban J connectivity index is 0.000000231. The molecule has 0 bridgehead atoms. The maximum atomic E-state index is 9.73. The summed E-state index contributed by atoms with van der Waals surface area (Å²) in [6.07, 6.45) is 0.688. The summed E-state index contributed by atoms with van der Waals surface area (Å²) in [6, 6.07) is 20.9. The van der Waals surface area contributed by atoms with Crippen molar-refractivity contribution in [2.75, 3.05) is 14.1 Å². The van der Waals surface area contributed by atoms with Crippen LogP contribution < -0.4 is 10.6 Å². The highest BCUT2D eigenvalue weighted by molar-refractivity contribution is 5.18. The maximum absolute atomic E-state index is 9.73. The minimum absolute atomic E-state index is 0.0902. The Labute approximate surface area is 140 Å². The molecule has 3 atom stereocenters. The second kappa shape index (κ2) is 10.9. The number of hydrogen-bond acceptors (Lipinski definition) is 3. The first-order chi connectivity index (χ1) is 11.1. The van der Waals surface area contributed by atoms with Gasteiger partial charge in [-0.1, -0.05) is 60.7 Å². The minimum Gasteiger partial charge on any atom is -0.387 e. The maximum Gasteiger partial charge on any atom is 0.0940 e. The zero-order chi connectivity index (χ0) is 17.1. The van der Waals surface area contributed by atoms with Crippen molar-refractivity contribution in [1.82, 2.24) is 10.6 Å². The summed E-state index contributed by atoms with van der Waals surface area (Å²) in [5.41, 5.74) is 2.36. The number of aliphatic hydroxyl groups is 1. The molecule has 0 heterocycles. The van der Waals surface area contributed by atoms with Crippen LogP contribution in [0.3, 0.4) is 0 Å². The van der Waals surface area contributed by atoms with Crippen LogP contribution in [0.25, 0.3) is 0 Å². The molecule has 23 heavy (non-hydrogen) atoms. The third kappa shape index (κ3) is 7.42. The van der Waals surface area contributed by atoms with Crippen molar-refractivity contribution in [3.05, 3.63) is 71.8 Å². The normalized spacial score (nSPS) is 14.3. The first kappa shape index (κ1) is 19.4. The highest BCUT2D eigenvalue weighted by Crippen LogP contribution is 2.15. The predicted molar refractivity (Wildman–Crippen MR) is 98.6 cm³/mol. The predicted octanol–water partition coefficient (Wildman–Crippen LogP) is 3.16. The van der Waals surface area contributed by atoms with Crippen molar-refractivity contribution in [3.63, 3.8) is 0 Å². The summed E-state index contributed by atoms with van der Waals surface area (Å²) >= 11 is 0. The van der Waals surface area contributed by atoms with Crippen molar-refractivity contribution >= 4 is 0 Å². The fourth-order valence-electron chi connectivity index (χ4n) is 2.17. The fraction of sp³-hybridized carbons (Fsp3) is 0.400. The minimum atomic E-state index is -0.420. The summed E-state index contributed by atoms with van der Waals surface area (Å²) in [5, 5.41) is 16.0. The number of benzene rings is 2. The average molecular weight is 314 g/mol. The third-order valence-corrected chi connectivity index (χ3v) is 3.95. The molecule has 0 fully saturated rings. The molecule has 3 nitrogen and oxygen atoms in total. The summed E-state index contributed by atoms with van der Waals surface area (Å²) in [6.45, 7) is 4.14. The van der Waals surface area contributed by atoms with Crippen molar-refractivity contribution in [3.8, 4) is 0 Å². The highest BCUT2D eigenvalue weighted by atomic mass is 16.3. The monoisotopic (exact) mass is 314 g/mol. The molecule has 2 aromatic rings. The second-order valence-corrected chi connectivity index (χ2v) is 5.81. The van der Waals surface area contributed by atoms with E-state index in [4.69, 9.17) is 0 Å². The lowest BCUT2D eigenvalue weighted by Crippen LogP contribution is -2.28. The summed E-state index contributed by atoms with van der Waals surface area (Å²) in [4.78, 5) is 0. The van der Waals surface area contributed by atoms with Gasteiger partial charge in [-0.05, 0) is 45.5 Å². The zero-order valence-corrected chi connectivity index (χ0v) is 14.7. The molecule has 2 rings (SSSR count). The molecule has 3 heteroatoms. The van der Waals surface area contributed by atoms with Gasteiger partial charge in [-0.15, -0.1) is 0 Å². The lowest BCUT2D eigenvalue weighted by Gasteiger charge is -2.17. The van der Waals surface area contributed by atoms with E-state index in [2.05, 4.69) is 41.8 Å². The number of nitrogens with one attached hydrogen (secondary N) is 2. The summed E-state index contributed by atoms with van der Waals surface area (Å²) in [7, 11) is 3.84. The molecule has 0 unspecified atom stereocenters. The van der Waals surface area contributed by atoms with Gasteiger partial charge < -0.3 is 15.7 Å². The Kier molecular flexibility index (Phi) is 9.22. The molecular formula is C20H30N2O. The quantitative estimate of drug-likeness (QED) is 0.767. The van der Waals surface area contributed by atoms with Crippen molar-refractivity contribution in [1.29, 1.82) is 0 Å². The molecule has 0 aromatic heterocycles. The van der Waals surface area contributed by atoms with Gasteiger partial charge in [0, 0.05) is 12.1 Å². The van der Waals surface area contributed by atoms with E-state index in [-0.39, 0.29) is 6.04 Å². The van der Waals surface area contributed by atoms with Gasteiger partial charge in [0.25, 0.3) is 0 Å². The second-order valence-electron chi connectivity index (χ2n) is 5.81. The molecule has 126 valence electrons. The Bertz CT molecular complexity index is 516. The fourth-order valence-corrected chi connectivity index (χ4v) is 2.17.